The number of nitrogens with zero attached hydrogens (tertiary/aromatic N) is 3. The van der Waals surface area contributed by atoms with E-state index in [0.717, 1.165) is 29.9 Å². The molecular weight excluding hydrogens is 208 g/mol. The van der Waals surface area contributed by atoms with Crippen LogP contribution in [0.3, 0.4) is 0 Å². The molecule has 0 saturated heterocycles. The number of aromatic nitrogens is 2. The molecule has 0 aliphatic carbocycles. The van der Waals surface area contributed by atoms with Crippen molar-refractivity contribution in [2.45, 2.75) is 19.0 Å². The molecule has 1 aromatic rings. The lowest BCUT2D eigenvalue weighted by Gasteiger charge is -2.17. The van der Waals surface area contributed by atoms with Gasteiger partial charge in [-0.15, -0.1) is 0 Å². The van der Waals surface area contributed by atoms with E-state index in [1.807, 2.05) is 19.4 Å². The summed E-state index contributed by atoms with van der Waals surface area (Å²) in [6.07, 6.45) is 1.99. The van der Waals surface area contributed by atoms with E-state index in [9.17, 15) is 0 Å². The van der Waals surface area contributed by atoms with Crippen LogP contribution in [0.15, 0.2) is 11.2 Å². The quantitative estimate of drug-likeness (QED) is 0.615. The van der Waals surface area contributed by atoms with E-state index < -0.39 is 0 Å². The summed E-state index contributed by atoms with van der Waals surface area (Å²) < 4.78 is 0. The maximum atomic E-state index is 4.44. The number of hydrogen-bond acceptors (Lipinski definition) is 5. The van der Waals surface area contributed by atoms with Gasteiger partial charge in [-0.2, -0.15) is 0 Å². The molecule has 0 atom stereocenters. The first-order valence-electron chi connectivity index (χ1n) is 5.09. The standard InChI is InChI=1S/C10H18N4S/c1-5-11-8-7-9(14(3)6-2)13-10(12-8)15-4/h7H,5-6H2,1-4H3,(H,11,12,13). The molecule has 4 nitrogen and oxygen atoms in total. The maximum Gasteiger partial charge on any atom is 0.191 e. The van der Waals surface area contributed by atoms with E-state index in [-0.39, 0.29) is 0 Å². The van der Waals surface area contributed by atoms with Gasteiger partial charge in [-0.3, -0.25) is 0 Å². The average Bonchev–Trinajstić information content (AvgIpc) is 2.28. The molecular formula is C10H18N4S. The summed E-state index contributed by atoms with van der Waals surface area (Å²) in [6.45, 7) is 5.98. The highest BCUT2D eigenvalue weighted by Gasteiger charge is 2.05. The van der Waals surface area contributed by atoms with Crippen LogP contribution in [0.4, 0.5) is 11.6 Å². The summed E-state index contributed by atoms with van der Waals surface area (Å²) in [7, 11) is 2.03. The van der Waals surface area contributed by atoms with Gasteiger partial charge in [0.1, 0.15) is 11.6 Å². The van der Waals surface area contributed by atoms with Gasteiger partial charge >= 0.3 is 0 Å². The first-order valence-corrected chi connectivity index (χ1v) is 6.31. The number of nitrogens with one attached hydrogen (secondary N) is 1. The molecule has 0 saturated carbocycles. The molecule has 0 aliphatic heterocycles. The third-order valence-electron chi connectivity index (χ3n) is 2.10. The van der Waals surface area contributed by atoms with E-state index in [4.69, 9.17) is 0 Å². The Balaban J connectivity index is 2.99. The van der Waals surface area contributed by atoms with Gasteiger partial charge in [0.25, 0.3) is 0 Å². The van der Waals surface area contributed by atoms with Gasteiger partial charge in [0.15, 0.2) is 5.16 Å². The van der Waals surface area contributed by atoms with Crippen molar-refractivity contribution in [2.75, 3.05) is 36.6 Å². The van der Waals surface area contributed by atoms with Gasteiger partial charge in [-0.25, -0.2) is 9.97 Å². The molecule has 0 fully saturated rings. The summed E-state index contributed by atoms with van der Waals surface area (Å²) in [4.78, 5) is 10.9. The van der Waals surface area contributed by atoms with Crippen molar-refractivity contribution >= 4 is 23.4 Å². The van der Waals surface area contributed by atoms with Gasteiger partial charge in [0.05, 0.1) is 0 Å². The molecule has 15 heavy (non-hydrogen) atoms. The lowest BCUT2D eigenvalue weighted by Crippen LogP contribution is -2.18. The van der Waals surface area contributed by atoms with Crippen LogP contribution >= 0.6 is 11.8 Å². The fourth-order valence-corrected chi connectivity index (χ4v) is 1.51. The summed E-state index contributed by atoms with van der Waals surface area (Å²) in [5, 5.41) is 4.02. The number of anilines is 2. The first kappa shape index (κ1) is 12.1. The normalized spacial score (nSPS) is 10.1. The zero-order valence-corrected chi connectivity index (χ0v) is 10.6. The van der Waals surface area contributed by atoms with Crippen LogP contribution in [0, 0.1) is 0 Å². The van der Waals surface area contributed by atoms with Crippen molar-refractivity contribution in [2.24, 2.45) is 0 Å². The Hall–Kier alpha value is -0.970. The van der Waals surface area contributed by atoms with Crippen molar-refractivity contribution in [3.63, 3.8) is 0 Å². The minimum absolute atomic E-state index is 0.809. The van der Waals surface area contributed by atoms with Crippen molar-refractivity contribution in [1.29, 1.82) is 0 Å². The molecule has 1 N–H and O–H groups in total. The van der Waals surface area contributed by atoms with Crippen molar-refractivity contribution < 1.29 is 0 Å². The average molecular weight is 226 g/mol. The SMILES string of the molecule is CCNc1cc(N(C)CC)nc(SC)n1. The smallest absolute Gasteiger partial charge is 0.191 e. The van der Waals surface area contributed by atoms with Crippen LogP contribution in [0.1, 0.15) is 13.8 Å². The first-order chi connectivity index (χ1) is 7.21. The minimum Gasteiger partial charge on any atom is -0.370 e. The molecule has 0 unspecified atom stereocenters. The Bertz CT molecular complexity index is 316. The minimum atomic E-state index is 0.809. The topological polar surface area (TPSA) is 41.0 Å². The Morgan fingerprint density at radius 2 is 2.13 bits per heavy atom. The summed E-state index contributed by atoms with van der Waals surface area (Å²) in [5.74, 6) is 1.86. The monoisotopic (exact) mass is 226 g/mol. The van der Waals surface area contributed by atoms with Crippen molar-refractivity contribution in [3.05, 3.63) is 6.07 Å². The van der Waals surface area contributed by atoms with Crippen LogP contribution < -0.4 is 10.2 Å². The molecule has 0 aromatic carbocycles. The highest BCUT2D eigenvalue weighted by atomic mass is 32.2. The number of rotatable bonds is 5. The van der Waals surface area contributed by atoms with Gasteiger partial charge in [-0.1, -0.05) is 11.8 Å². The highest BCUT2D eigenvalue weighted by molar-refractivity contribution is 7.98. The van der Waals surface area contributed by atoms with E-state index >= 15 is 0 Å². The molecule has 0 bridgehead atoms. The summed E-state index contributed by atoms with van der Waals surface area (Å²) in [5.41, 5.74) is 0. The summed E-state index contributed by atoms with van der Waals surface area (Å²) in [6, 6.07) is 1.98. The van der Waals surface area contributed by atoms with Gasteiger partial charge in [0, 0.05) is 26.2 Å². The fraction of sp³-hybridized carbons (Fsp3) is 0.600. The largest absolute Gasteiger partial charge is 0.370 e. The number of thioether (sulfide) groups is 1. The molecule has 0 radical (unpaired) electrons. The highest BCUT2D eigenvalue weighted by Crippen LogP contribution is 2.19. The van der Waals surface area contributed by atoms with Crippen LogP contribution in [0.5, 0.6) is 0 Å². The van der Waals surface area contributed by atoms with E-state index in [1.54, 1.807) is 11.8 Å². The molecule has 5 heteroatoms. The number of hydrogen-bond donors (Lipinski definition) is 1. The Morgan fingerprint density at radius 1 is 1.40 bits per heavy atom. The second-order valence-electron chi connectivity index (χ2n) is 3.14. The zero-order chi connectivity index (χ0) is 11.3. The third kappa shape index (κ3) is 3.27. The summed E-state index contributed by atoms with van der Waals surface area (Å²) >= 11 is 1.56. The predicted octanol–water partition coefficient (Wildman–Crippen LogP) is 2.09. The predicted molar refractivity (Wildman–Crippen MR) is 66.9 cm³/mol. The molecule has 1 rings (SSSR count). The van der Waals surface area contributed by atoms with Gasteiger partial charge in [-0.05, 0) is 20.1 Å². The van der Waals surface area contributed by atoms with Gasteiger partial charge < -0.3 is 10.2 Å². The van der Waals surface area contributed by atoms with Gasteiger partial charge in [0.2, 0.25) is 0 Å². The molecule has 1 aromatic heterocycles. The fourth-order valence-electron chi connectivity index (χ4n) is 1.13. The molecule has 0 aliphatic rings. The Kier molecular flexibility index (Phi) is 4.68. The molecule has 1 heterocycles. The third-order valence-corrected chi connectivity index (χ3v) is 2.65. The van der Waals surface area contributed by atoms with Crippen molar-refractivity contribution in [3.8, 4) is 0 Å². The Labute approximate surface area is 95.5 Å². The van der Waals surface area contributed by atoms with Crippen LogP contribution in [-0.4, -0.2) is 36.4 Å². The van der Waals surface area contributed by atoms with Crippen LogP contribution in [0.2, 0.25) is 0 Å². The zero-order valence-electron chi connectivity index (χ0n) is 9.74. The lowest BCUT2D eigenvalue weighted by atomic mass is 10.4. The second kappa shape index (κ2) is 5.80. The Morgan fingerprint density at radius 3 is 2.67 bits per heavy atom. The van der Waals surface area contributed by atoms with E-state index in [1.165, 1.54) is 0 Å². The molecule has 0 amide bonds. The van der Waals surface area contributed by atoms with E-state index in [2.05, 4.69) is 34.0 Å². The second-order valence-corrected chi connectivity index (χ2v) is 3.92. The van der Waals surface area contributed by atoms with Crippen molar-refractivity contribution in [1.82, 2.24) is 9.97 Å². The van der Waals surface area contributed by atoms with E-state index in [0.29, 0.717) is 0 Å². The molecule has 84 valence electrons. The lowest BCUT2D eigenvalue weighted by molar-refractivity contribution is 0.881. The molecule has 0 spiro atoms. The van der Waals surface area contributed by atoms with Crippen LogP contribution in [-0.2, 0) is 0 Å². The maximum absolute atomic E-state index is 4.44. The van der Waals surface area contributed by atoms with Crippen LogP contribution in [0.25, 0.3) is 0 Å².